The number of non-ortho nitro benzene ring substituents is 1. The van der Waals surface area contributed by atoms with Crippen LogP contribution in [0.15, 0.2) is 42.5 Å². The fourth-order valence-electron chi connectivity index (χ4n) is 2.29. The van der Waals surface area contributed by atoms with Crippen LogP contribution < -0.4 is 10.1 Å². The van der Waals surface area contributed by atoms with Crippen LogP contribution in [0.3, 0.4) is 0 Å². The molecule has 0 aliphatic heterocycles. The molecule has 24 heavy (non-hydrogen) atoms. The van der Waals surface area contributed by atoms with Gasteiger partial charge in [-0.25, -0.2) is 0 Å². The number of benzene rings is 2. The van der Waals surface area contributed by atoms with Crippen LogP contribution in [0.4, 0.5) is 5.69 Å². The maximum atomic E-state index is 12.5. The Morgan fingerprint density at radius 3 is 2.50 bits per heavy atom. The van der Waals surface area contributed by atoms with Gasteiger partial charge in [-0.3, -0.25) is 14.9 Å². The molecule has 126 valence electrons. The van der Waals surface area contributed by atoms with Crippen molar-refractivity contribution >= 4 is 23.2 Å². The number of hydrogen-bond donors (Lipinski definition) is 1. The molecule has 0 radical (unpaired) electrons. The van der Waals surface area contributed by atoms with E-state index in [9.17, 15) is 14.9 Å². The number of amides is 1. The Morgan fingerprint density at radius 1 is 1.29 bits per heavy atom. The zero-order valence-electron chi connectivity index (χ0n) is 13.3. The van der Waals surface area contributed by atoms with E-state index in [1.165, 1.54) is 18.2 Å². The number of nitro benzene ring substituents is 1. The van der Waals surface area contributed by atoms with E-state index in [2.05, 4.69) is 5.32 Å². The van der Waals surface area contributed by atoms with Crippen molar-refractivity contribution in [3.05, 3.63) is 68.7 Å². The van der Waals surface area contributed by atoms with E-state index in [1.807, 2.05) is 31.2 Å². The Morgan fingerprint density at radius 2 is 1.96 bits per heavy atom. The van der Waals surface area contributed by atoms with E-state index in [1.54, 1.807) is 7.11 Å². The molecule has 1 unspecified atom stereocenters. The largest absolute Gasteiger partial charge is 0.497 e. The maximum absolute atomic E-state index is 12.5. The molecule has 0 bridgehead atoms. The van der Waals surface area contributed by atoms with Gasteiger partial charge < -0.3 is 10.1 Å². The molecule has 1 N–H and O–H groups in total. The number of ether oxygens (including phenoxy) is 1. The average Bonchev–Trinajstić information content (AvgIpc) is 2.59. The van der Waals surface area contributed by atoms with Gasteiger partial charge in [-0.1, -0.05) is 30.7 Å². The predicted octanol–water partition coefficient (Wildman–Crippen LogP) is 4.14. The summed E-state index contributed by atoms with van der Waals surface area (Å²) in [5.74, 6) is 0.271. The Balaban J connectivity index is 2.22. The lowest BCUT2D eigenvalue weighted by Crippen LogP contribution is -2.28. The molecule has 6 nitrogen and oxygen atoms in total. The van der Waals surface area contributed by atoms with Gasteiger partial charge in [0.25, 0.3) is 11.6 Å². The normalized spacial score (nSPS) is 11.6. The second kappa shape index (κ2) is 7.79. The van der Waals surface area contributed by atoms with Crippen molar-refractivity contribution in [2.75, 3.05) is 7.11 Å². The Hall–Kier alpha value is -2.60. The Bertz CT molecular complexity index is 747. The number of halogens is 1. The minimum Gasteiger partial charge on any atom is -0.497 e. The van der Waals surface area contributed by atoms with Crippen LogP contribution in [0.2, 0.25) is 5.02 Å². The first-order valence-electron chi connectivity index (χ1n) is 7.35. The lowest BCUT2D eigenvalue weighted by atomic mass is 10.0. The SMILES string of the molecule is CCC(NC(=O)c1cc([N+](=O)[O-])ccc1Cl)c1ccc(OC)cc1. The zero-order valence-corrected chi connectivity index (χ0v) is 14.0. The summed E-state index contributed by atoms with van der Waals surface area (Å²) in [6, 6.07) is 10.9. The molecule has 1 atom stereocenters. The number of carbonyl (C=O) groups excluding carboxylic acids is 1. The third-order valence-electron chi connectivity index (χ3n) is 3.64. The molecule has 7 heteroatoms. The minimum atomic E-state index is -0.562. The van der Waals surface area contributed by atoms with Crippen LogP contribution in [-0.2, 0) is 0 Å². The Labute approximate surface area is 144 Å². The molecule has 1 amide bonds. The van der Waals surface area contributed by atoms with Gasteiger partial charge in [-0.2, -0.15) is 0 Å². The molecular weight excluding hydrogens is 332 g/mol. The fraction of sp³-hybridized carbons (Fsp3) is 0.235. The predicted molar refractivity (Wildman–Crippen MR) is 91.6 cm³/mol. The van der Waals surface area contributed by atoms with Gasteiger partial charge in [0.05, 0.1) is 28.7 Å². The molecule has 0 aromatic heterocycles. The number of methoxy groups -OCH3 is 1. The summed E-state index contributed by atoms with van der Waals surface area (Å²) in [4.78, 5) is 22.8. The van der Waals surface area contributed by atoms with E-state index in [-0.39, 0.29) is 22.3 Å². The lowest BCUT2D eigenvalue weighted by Gasteiger charge is -2.18. The summed E-state index contributed by atoms with van der Waals surface area (Å²) >= 11 is 6.01. The second-order valence-corrected chi connectivity index (χ2v) is 5.54. The van der Waals surface area contributed by atoms with Crippen molar-refractivity contribution in [1.29, 1.82) is 0 Å². The van der Waals surface area contributed by atoms with E-state index < -0.39 is 10.8 Å². The highest BCUT2D eigenvalue weighted by Gasteiger charge is 2.19. The third kappa shape index (κ3) is 4.02. The first-order valence-corrected chi connectivity index (χ1v) is 7.72. The van der Waals surface area contributed by atoms with E-state index in [4.69, 9.17) is 16.3 Å². The molecule has 0 saturated carbocycles. The molecule has 0 heterocycles. The van der Waals surface area contributed by atoms with Crippen LogP contribution in [0, 0.1) is 10.1 Å². The summed E-state index contributed by atoms with van der Waals surface area (Å²) in [6.07, 6.45) is 0.657. The van der Waals surface area contributed by atoms with Crippen molar-refractivity contribution in [2.24, 2.45) is 0 Å². The van der Waals surface area contributed by atoms with Gasteiger partial charge in [0.2, 0.25) is 0 Å². The maximum Gasteiger partial charge on any atom is 0.270 e. The zero-order chi connectivity index (χ0) is 17.7. The van der Waals surface area contributed by atoms with Gasteiger partial charge in [0, 0.05) is 12.1 Å². The molecule has 0 spiro atoms. The standard InChI is InChI=1S/C17H17ClN2O4/c1-3-16(11-4-7-13(24-2)8-5-11)19-17(21)14-10-12(20(22)23)6-9-15(14)18/h4-10,16H,3H2,1-2H3,(H,19,21). The summed E-state index contributed by atoms with van der Waals surface area (Å²) < 4.78 is 5.12. The Kier molecular flexibility index (Phi) is 5.76. The van der Waals surface area contributed by atoms with Crippen molar-refractivity contribution in [3.63, 3.8) is 0 Å². The molecule has 2 rings (SSSR count). The molecule has 0 fully saturated rings. The molecule has 0 aliphatic carbocycles. The van der Waals surface area contributed by atoms with Crippen LogP contribution in [-0.4, -0.2) is 17.9 Å². The summed E-state index contributed by atoms with van der Waals surface area (Å²) in [6.45, 7) is 1.93. The fourth-order valence-corrected chi connectivity index (χ4v) is 2.50. The monoisotopic (exact) mass is 348 g/mol. The van der Waals surface area contributed by atoms with Crippen LogP contribution >= 0.6 is 11.6 Å². The van der Waals surface area contributed by atoms with Crippen molar-refractivity contribution in [2.45, 2.75) is 19.4 Å². The topological polar surface area (TPSA) is 81.5 Å². The van der Waals surface area contributed by atoms with Gasteiger partial charge >= 0.3 is 0 Å². The van der Waals surface area contributed by atoms with Crippen molar-refractivity contribution in [1.82, 2.24) is 5.32 Å². The summed E-state index contributed by atoms with van der Waals surface area (Å²) in [7, 11) is 1.58. The highest BCUT2D eigenvalue weighted by Crippen LogP contribution is 2.24. The van der Waals surface area contributed by atoms with Crippen molar-refractivity contribution in [3.8, 4) is 5.75 Å². The molecule has 2 aromatic rings. The average molecular weight is 349 g/mol. The second-order valence-electron chi connectivity index (χ2n) is 5.13. The minimum absolute atomic E-state index is 0.0813. The molecule has 2 aromatic carbocycles. The number of nitro groups is 1. The van der Waals surface area contributed by atoms with Crippen LogP contribution in [0.5, 0.6) is 5.75 Å². The molecular formula is C17H17ClN2O4. The van der Waals surface area contributed by atoms with Gasteiger partial charge in [-0.05, 0) is 30.2 Å². The highest BCUT2D eigenvalue weighted by molar-refractivity contribution is 6.33. The highest BCUT2D eigenvalue weighted by atomic mass is 35.5. The van der Waals surface area contributed by atoms with Gasteiger partial charge in [-0.15, -0.1) is 0 Å². The summed E-state index contributed by atoms with van der Waals surface area (Å²) in [5.41, 5.74) is 0.813. The number of nitrogens with zero attached hydrogens (tertiary/aromatic N) is 1. The van der Waals surface area contributed by atoms with Gasteiger partial charge in [0.15, 0.2) is 0 Å². The van der Waals surface area contributed by atoms with E-state index in [0.717, 1.165) is 11.3 Å². The van der Waals surface area contributed by atoms with Crippen LogP contribution in [0.1, 0.15) is 35.3 Å². The van der Waals surface area contributed by atoms with E-state index >= 15 is 0 Å². The molecule has 0 saturated heterocycles. The smallest absolute Gasteiger partial charge is 0.270 e. The number of nitrogens with one attached hydrogen (secondary N) is 1. The quantitative estimate of drug-likeness (QED) is 0.628. The van der Waals surface area contributed by atoms with Crippen molar-refractivity contribution < 1.29 is 14.5 Å². The van der Waals surface area contributed by atoms with Gasteiger partial charge in [0.1, 0.15) is 5.75 Å². The molecule has 0 aliphatic rings. The first-order chi connectivity index (χ1) is 11.5. The number of hydrogen-bond acceptors (Lipinski definition) is 4. The van der Waals surface area contributed by atoms with Crippen LogP contribution in [0.25, 0.3) is 0 Å². The number of carbonyl (C=O) groups is 1. The lowest BCUT2D eigenvalue weighted by molar-refractivity contribution is -0.384. The third-order valence-corrected chi connectivity index (χ3v) is 3.97. The number of rotatable bonds is 6. The summed E-state index contributed by atoms with van der Waals surface area (Å²) in [5, 5.41) is 13.9. The first kappa shape index (κ1) is 17.7. The van der Waals surface area contributed by atoms with E-state index in [0.29, 0.717) is 6.42 Å².